The second-order valence-electron chi connectivity index (χ2n) is 2.51. The fourth-order valence-electron chi connectivity index (χ4n) is 1.19. The number of hydrogen-bond donors (Lipinski definition) is 1. The minimum atomic E-state index is 0.451. The van der Waals surface area contributed by atoms with Crippen LogP contribution >= 0.6 is 24.0 Å². The molecule has 2 rings (SSSR count). The first-order chi connectivity index (χ1) is 5.79. The normalized spacial score (nSPS) is 14.5. The highest BCUT2D eigenvalue weighted by molar-refractivity contribution is 8.00. The summed E-state index contributed by atoms with van der Waals surface area (Å²) in [4.78, 5) is 3.19. The van der Waals surface area contributed by atoms with Crippen molar-refractivity contribution in [2.75, 3.05) is 10.8 Å². The second-order valence-corrected chi connectivity index (χ2v) is 3.91. The average molecular weight is 196 g/mol. The maximum Gasteiger partial charge on any atom is 0.171 e. The summed E-state index contributed by atoms with van der Waals surface area (Å²) >= 11 is 6.68. The molecule has 12 heavy (non-hydrogen) atoms. The van der Waals surface area contributed by atoms with Crippen LogP contribution in [0.25, 0.3) is 0 Å². The highest BCUT2D eigenvalue weighted by Gasteiger charge is 2.20. The molecular weight excluding hydrogens is 188 g/mol. The van der Waals surface area contributed by atoms with E-state index in [0.29, 0.717) is 5.11 Å². The molecule has 1 aromatic carbocycles. The lowest BCUT2D eigenvalue weighted by Gasteiger charge is -2.14. The van der Waals surface area contributed by atoms with Crippen LogP contribution in [0.4, 0.5) is 5.69 Å². The van der Waals surface area contributed by atoms with Crippen LogP contribution in [0.15, 0.2) is 29.2 Å². The van der Waals surface area contributed by atoms with Crippen LogP contribution in [0.1, 0.15) is 0 Å². The molecule has 1 aliphatic rings. The highest BCUT2D eigenvalue weighted by atomic mass is 32.2. The van der Waals surface area contributed by atoms with Gasteiger partial charge in [-0.3, -0.25) is 0 Å². The van der Waals surface area contributed by atoms with Crippen LogP contribution in [0.2, 0.25) is 0 Å². The maximum absolute atomic E-state index is 5.56. The van der Waals surface area contributed by atoms with Gasteiger partial charge in [-0.2, -0.15) is 0 Å². The molecule has 0 amide bonds. The Labute approximate surface area is 80.7 Å². The number of fused-ring (bicyclic) bond motifs is 1. The third-order valence-corrected chi connectivity index (χ3v) is 3.04. The SMILES string of the molecule is NC(=S)N1CSc2ccccc21. The standard InChI is InChI=1S/C8H8N2S2/c9-8(11)10-5-12-7-4-2-1-3-6(7)10/h1-4H,5H2,(H2,9,11). The summed E-state index contributed by atoms with van der Waals surface area (Å²) in [5.74, 6) is 0.842. The maximum atomic E-state index is 5.56. The summed E-state index contributed by atoms with van der Waals surface area (Å²) < 4.78 is 0. The topological polar surface area (TPSA) is 29.3 Å². The fourth-order valence-corrected chi connectivity index (χ4v) is 2.48. The zero-order valence-electron chi connectivity index (χ0n) is 6.36. The van der Waals surface area contributed by atoms with Gasteiger partial charge in [0.05, 0.1) is 11.6 Å². The molecule has 0 aromatic heterocycles. The summed E-state index contributed by atoms with van der Waals surface area (Å²) in [6, 6.07) is 8.14. The molecule has 0 fully saturated rings. The summed E-state index contributed by atoms with van der Waals surface area (Å²) in [6.07, 6.45) is 0. The van der Waals surface area contributed by atoms with Gasteiger partial charge >= 0.3 is 0 Å². The van der Waals surface area contributed by atoms with Crippen molar-refractivity contribution in [1.29, 1.82) is 0 Å². The Morgan fingerprint density at radius 3 is 3.00 bits per heavy atom. The molecule has 0 radical (unpaired) electrons. The molecule has 0 aliphatic carbocycles. The molecule has 1 heterocycles. The highest BCUT2D eigenvalue weighted by Crippen LogP contribution is 2.37. The fraction of sp³-hybridized carbons (Fsp3) is 0.125. The molecule has 0 saturated heterocycles. The van der Waals surface area contributed by atoms with E-state index < -0.39 is 0 Å². The third-order valence-electron chi connectivity index (χ3n) is 1.77. The molecule has 2 nitrogen and oxygen atoms in total. The van der Waals surface area contributed by atoms with Gasteiger partial charge in [0.1, 0.15) is 0 Å². The molecule has 2 N–H and O–H groups in total. The summed E-state index contributed by atoms with van der Waals surface area (Å²) in [5.41, 5.74) is 6.69. The van der Waals surface area contributed by atoms with Gasteiger partial charge < -0.3 is 10.6 Å². The molecule has 4 heteroatoms. The molecule has 1 aromatic rings. The number of thiocarbonyl (C=S) groups is 1. The van der Waals surface area contributed by atoms with Crippen molar-refractivity contribution in [2.24, 2.45) is 5.73 Å². The summed E-state index contributed by atoms with van der Waals surface area (Å²) in [5, 5.41) is 0.451. The minimum Gasteiger partial charge on any atom is -0.376 e. The van der Waals surface area contributed by atoms with Crippen LogP contribution in [0.5, 0.6) is 0 Å². The van der Waals surface area contributed by atoms with E-state index in [9.17, 15) is 0 Å². The molecule has 0 spiro atoms. The summed E-state index contributed by atoms with van der Waals surface area (Å²) in [6.45, 7) is 0. The number of nitrogens with zero attached hydrogens (tertiary/aromatic N) is 1. The third kappa shape index (κ3) is 1.17. The Morgan fingerprint density at radius 2 is 2.25 bits per heavy atom. The lowest BCUT2D eigenvalue weighted by Crippen LogP contribution is -2.32. The Balaban J connectivity index is 2.42. The quantitative estimate of drug-likeness (QED) is 0.641. The van der Waals surface area contributed by atoms with E-state index in [1.807, 2.05) is 23.1 Å². The van der Waals surface area contributed by atoms with E-state index in [1.165, 1.54) is 4.90 Å². The number of thioether (sulfide) groups is 1. The van der Waals surface area contributed by atoms with Crippen LogP contribution in [0, 0.1) is 0 Å². The van der Waals surface area contributed by atoms with Gasteiger partial charge in [0, 0.05) is 4.90 Å². The van der Waals surface area contributed by atoms with Crippen molar-refractivity contribution in [3.63, 3.8) is 0 Å². The van der Waals surface area contributed by atoms with Crippen molar-refractivity contribution in [3.05, 3.63) is 24.3 Å². The first-order valence-corrected chi connectivity index (χ1v) is 4.97. The van der Waals surface area contributed by atoms with Gasteiger partial charge in [0.15, 0.2) is 5.11 Å². The van der Waals surface area contributed by atoms with Gasteiger partial charge in [0.2, 0.25) is 0 Å². The zero-order valence-corrected chi connectivity index (χ0v) is 7.99. The monoisotopic (exact) mass is 196 g/mol. The van der Waals surface area contributed by atoms with Crippen LogP contribution < -0.4 is 10.6 Å². The van der Waals surface area contributed by atoms with E-state index >= 15 is 0 Å². The molecule has 1 aliphatic heterocycles. The van der Waals surface area contributed by atoms with Crippen molar-refractivity contribution in [1.82, 2.24) is 0 Å². The van der Waals surface area contributed by atoms with E-state index in [-0.39, 0.29) is 0 Å². The number of rotatable bonds is 0. The van der Waals surface area contributed by atoms with Crippen molar-refractivity contribution < 1.29 is 0 Å². The van der Waals surface area contributed by atoms with Gasteiger partial charge in [-0.05, 0) is 24.4 Å². The number of para-hydroxylation sites is 1. The van der Waals surface area contributed by atoms with E-state index in [2.05, 4.69) is 6.07 Å². The molecule has 0 bridgehead atoms. The number of benzene rings is 1. The Hall–Kier alpha value is -0.740. The van der Waals surface area contributed by atoms with E-state index in [4.69, 9.17) is 18.0 Å². The first-order valence-electron chi connectivity index (χ1n) is 3.58. The number of hydrogen-bond acceptors (Lipinski definition) is 2. The van der Waals surface area contributed by atoms with Gasteiger partial charge in [-0.1, -0.05) is 12.1 Å². The summed E-state index contributed by atoms with van der Waals surface area (Å²) in [7, 11) is 0. The lowest BCUT2D eigenvalue weighted by atomic mass is 10.3. The minimum absolute atomic E-state index is 0.451. The predicted molar refractivity (Wildman–Crippen MR) is 56.4 cm³/mol. The molecule has 0 saturated carbocycles. The average Bonchev–Trinajstić information content (AvgIpc) is 2.47. The number of nitrogens with two attached hydrogens (primary N) is 1. The van der Waals surface area contributed by atoms with Gasteiger partial charge in [0.25, 0.3) is 0 Å². The predicted octanol–water partition coefficient (Wildman–Crippen LogP) is 1.80. The first kappa shape index (κ1) is 7.89. The van der Waals surface area contributed by atoms with Gasteiger partial charge in [-0.15, -0.1) is 11.8 Å². The molecule has 62 valence electrons. The molecular formula is C8H8N2S2. The van der Waals surface area contributed by atoms with Crippen LogP contribution in [0.3, 0.4) is 0 Å². The lowest BCUT2D eigenvalue weighted by molar-refractivity contribution is 1.23. The van der Waals surface area contributed by atoms with E-state index in [0.717, 1.165) is 11.6 Å². The molecule has 0 unspecified atom stereocenters. The van der Waals surface area contributed by atoms with Crippen LogP contribution in [-0.4, -0.2) is 11.0 Å². The van der Waals surface area contributed by atoms with Crippen LogP contribution in [-0.2, 0) is 0 Å². The van der Waals surface area contributed by atoms with E-state index in [1.54, 1.807) is 11.8 Å². The largest absolute Gasteiger partial charge is 0.376 e. The van der Waals surface area contributed by atoms with Crippen molar-refractivity contribution >= 4 is 34.8 Å². The second kappa shape index (κ2) is 2.95. The molecule has 0 atom stereocenters. The smallest absolute Gasteiger partial charge is 0.171 e. The van der Waals surface area contributed by atoms with Crippen molar-refractivity contribution in [3.8, 4) is 0 Å². The Kier molecular flexibility index (Phi) is 1.94. The Morgan fingerprint density at radius 1 is 1.50 bits per heavy atom. The Bertz CT molecular complexity index is 325. The zero-order chi connectivity index (χ0) is 8.55. The number of anilines is 1. The van der Waals surface area contributed by atoms with Gasteiger partial charge in [-0.25, -0.2) is 0 Å². The van der Waals surface area contributed by atoms with Crippen molar-refractivity contribution in [2.45, 2.75) is 4.90 Å².